The first-order valence-corrected chi connectivity index (χ1v) is 3.20. The van der Waals surface area contributed by atoms with E-state index in [-0.39, 0.29) is 5.57 Å². The zero-order chi connectivity index (χ0) is 8.15. The second kappa shape index (κ2) is 4.12. The fourth-order valence-corrected chi connectivity index (χ4v) is 0.642. The van der Waals surface area contributed by atoms with Crippen LogP contribution in [-0.2, 0) is 4.79 Å². The zero-order valence-corrected chi connectivity index (χ0v) is 6.27. The van der Waals surface area contributed by atoms with E-state index in [1.807, 2.05) is 0 Å². The Balaban J connectivity index is 3.94. The largest absolute Gasteiger partial charge is 0.478 e. The molecule has 2 nitrogen and oxygen atoms in total. The Bertz CT molecular complexity index is 163. The van der Waals surface area contributed by atoms with Gasteiger partial charge >= 0.3 is 5.97 Å². The van der Waals surface area contributed by atoms with Gasteiger partial charge in [-0.05, 0) is 6.42 Å². The van der Waals surface area contributed by atoms with Crippen molar-refractivity contribution in [3.8, 4) is 0 Å². The topological polar surface area (TPSA) is 37.3 Å². The van der Waals surface area contributed by atoms with Crippen molar-refractivity contribution in [1.82, 2.24) is 0 Å². The molecule has 0 radical (unpaired) electrons. The number of hydrogen-bond donors (Lipinski definition) is 1. The molecule has 0 aliphatic heterocycles. The molecule has 0 aromatic heterocycles. The van der Waals surface area contributed by atoms with Crippen molar-refractivity contribution in [2.75, 3.05) is 0 Å². The van der Waals surface area contributed by atoms with Gasteiger partial charge in [-0.1, -0.05) is 12.7 Å². The van der Waals surface area contributed by atoms with E-state index in [1.165, 1.54) is 0 Å². The summed E-state index contributed by atoms with van der Waals surface area (Å²) in [5.74, 6) is -1.05. The van der Waals surface area contributed by atoms with E-state index in [0.717, 1.165) is 0 Å². The molecule has 1 N–H and O–H groups in total. The monoisotopic (exact) mass is 160 g/mol. The fourth-order valence-electron chi connectivity index (χ4n) is 0.423. The Kier molecular flexibility index (Phi) is 3.81. The number of aliphatic carboxylic acids is 1. The summed E-state index contributed by atoms with van der Waals surface area (Å²) in [5, 5.41) is 7.83. The predicted molar refractivity (Wildman–Crippen MR) is 41.2 cm³/mol. The van der Waals surface area contributed by atoms with Crippen molar-refractivity contribution in [1.29, 1.82) is 0 Å². The molecule has 56 valence electrons. The summed E-state index contributed by atoms with van der Waals surface area (Å²) in [6, 6.07) is 0. The first-order valence-electron chi connectivity index (χ1n) is 2.76. The van der Waals surface area contributed by atoms with Crippen LogP contribution in [0.1, 0.15) is 6.42 Å². The highest BCUT2D eigenvalue weighted by Gasteiger charge is 2.12. The molecule has 0 saturated carbocycles. The molecule has 0 saturated heterocycles. The van der Waals surface area contributed by atoms with E-state index < -0.39 is 11.3 Å². The van der Waals surface area contributed by atoms with Crippen LogP contribution in [0.2, 0.25) is 0 Å². The molecule has 0 aliphatic carbocycles. The molecule has 1 unspecified atom stereocenters. The summed E-state index contributed by atoms with van der Waals surface area (Å²) in [5.41, 5.74) is 0.0153. The maximum Gasteiger partial charge on any atom is 0.332 e. The van der Waals surface area contributed by atoms with Gasteiger partial charge in [-0.2, -0.15) is 0 Å². The lowest BCUT2D eigenvalue weighted by molar-refractivity contribution is -0.132. The summed E-state index contributed by atoms with van der Waals surface area (Å²) >= 11 is 5.57. The number of allylic oxidation sites excluding steroid dienone is 1. The van der Waals surface area contributed by atoms with Crippen molar-refractivity contribution >= 4 is 17.6 Å². The van der Waals surface area contributed by atoms with Crippen LogP contribution in [-0.4, -0.2) is 16.5 Å². The molecule has 0 spiro atoms. The van der Waals surface area contributed by atoms with Crippen molar-refractivity contribution in [2.45, 2.75) is 11.8 Å². The first kappa shape index (κ1) is 9.24. The zero-order valence-electron chi connectivity index (χ0n) is 5.51. The van der Waals surface area contributed by atoms with Crippen molar-refractivity contribution in [3.63, 3.8) is 0 Å². The number of carboxylic acid groups (broad SMARTS) is 1. The number of hydrogen-bond acceptors (Lipinski definition) is 1. The molecule has 0 heterocycles. The van der Waals surface area contributed by atoms with Gasteiger partial charge in [-0.3, -0.25) is 0 Å². The van der Waals surface area contributed by atoms with Crippen LogP contribution in [0, 0.1) is 0 Å². The fraction of sp³-hybridized carbons (Fsp3) is 0.286. The maximum atomic E-state index is 10.2. The first-order chi connectivity index (χ1) is 4.59. The lowest BCUT2D eigenvalue weighted by Gasteiger charge is -2.03. The molecule has 0 aromatic rings. The van der Waals surface area contributed by atoms with Gasteiger partial charge in [0.2, 0.25) is 0 Å². The average Bonchev–Trinajstić information content (AvgIpc) is 1.87. The third-order valence-corrected chi connectivity index (χ3v) is 1.47. The van der Waals surface area contributed by atoms with Gasteiger partial charge < -0.3 is 5.11 Å². The van der Waals surface area contributed by atoms with Gasteiger partial charge in [0.05, 0.1) is 5.38 Å². The molecule has 1 atom stereocenters. The molecular formula is C7H9ClO2. The third kappa shape index (κ3) is 2.69. The number of alkyl halides is 1. The highest BCUT2D eigenvalue weighted by molar-refractivity contribution is 6.25. The number of halogens is 1. The SMILES string of the molecule is C=CCC(Cl)C(=C)C(=O)O. The summed E-state index contributed by atoms with van der Waals surface area (Å²) in [6.45, 7) is 6.72. The molecule has 10 heavy (non-hydrogen) atoms. The van der Waals surface area contributed by atoms with Gasteiger partial charge in [0.25, 0.3) is 0 Å². The predicted octanol–water partition coefficient (Wildman–Crippen LogP) is 1.81. The number of carboxylic acids is 1. The van der Waals surface area contributed by atoms with E-state index in [9.17, 15) is 4.79 Å². The van der Waals surface area contributed by atoms with E-state index in [4.69, 9.17) is 16.7 Å². The second-order valence-corrected chi connectivity index (χ2v) is 2.35. The van der Waals surface area contributed by atoms with Gasteiger partial charge in [0, 0.05) is 5.57 Å². The summed E-state index contributed by atoms with van der Waals surface area (Å²) in [6.07, 6.45) is 2.00. The molecule has 3 heteroatoms. The third-order valence-electron chi connectivity index (χ3n) is 1.03. The maximum absolute atomic E-state index is 10.2. The molecule has 0 aliphatic rings. The second-order valence-electron chi connectivity index (χ2n) is 1.82. The molecule has 0 amide bonds. The van der Waals surface area contributed by atoms with Crippen LogP contribution < -0.4 is 0 Å². The summed E-state index contributed by atoms with van der Waals surface area (Å²) in [4.78, 5) is 10.2. The van der Waals surface area contributed by atoms with Gasteiger partial charge in [0.1, 0.15) is 0 Å². The standard InChI is InChI=1S/C7H9ClO2/c1-3-4-6(8)5(2)7(9)10/h3,6H,1-2,4H2,(H,9,10). The van der Waals surface area contributed by atoms with Crippen LogP contribution in [0.3, 0.4) is 0 Å². The summed E-state index contributed by atoms with van der Waals surface area (Å²) < 4.78 is 0. The highest BCUT2D eigenvalue weighted by Crippen LogP contribution is 2.11. The smallest absolute Gasteiger partial charge is 0.332 e. The minimum absolute atomic E-state index is 0.0153. The lowest BCUT2D eigenvalue weighted by atomic mass is 10.1. The van der Waals surface area contributed by atoms with Crippen molar-refractivity contribution in [3.05, 3.63) is 24.8 Å². The Morgan fingerprint density at radius 3 is 2.60 bits per heavy atom. The normalized spacial score (nSPS) is 12.1. The molecular weight excluding hydrogens is 152 g/mol. The minimum atomic E-state index is -1.05. The molecule has 0 fully saturated rings. The van der Waals surface area contributed by atoms with Crippen molar-refractivity contribution in [2.24, 2.45) is 0 Å². The Morgan fingerprint density at radius 1 is 1.80 bits per heavy atom. The van der Waals surface area contributed by atoms with E-state index in [0.29, 0.717) is 6.42 Å². The Hall–Kier alpha value is -0.760. The van der Waals surface area contributed by atoms with Crippen LogP contribution in [0.4, 0.5) is 0 Å². The quantitative estimate of drug-likeness (QED) is 0.387. The van der Waals surface area contributed by atoms with E-state index in [2.05, 4.69) is 13.2 Å². The number of rotatable bonds is 4. The number of carbonyl (C=O) groups is 1. The Labute approximate surface area is 64.8 Å². The molecule has 0 aromatic carbocycles. The van der Waals surface area contributed by atoms with Crippen LogP contribution in [0.15, 0.2) is 24.8 Å². The Morgan fingerprint density at radius 2 is 2.30 bits per heavy atom. The van der Waals surface area contributed by atoms with E-state index in [1.54, 1.807) is 6.08 Å². The average molecular weight is 161 g/mol. The van der Waals surface area contributed by atoms with Crippen molar-refractivity contribution < 1.29 is 9.90 Å². The molecule has 0 bridgehead atoms. The van der Waals surface area contributed by atoms with E-state index >= 15 is 0 Å². The molecule has 0 rings (SSSR count). The van der Waals surface area contributed by atoms with Gasteiger partial charge in [-0.25, -0.2) is 4.79 Å². The van der Waals surface area contributed by atoms with Gasteiger partial charge in [-0.15, -0.1) is 18.2 Å². The lowest BCUT2D eigenvalue weighted by Crippen LogP contribution is -2.10. The summed E-state index contributed by atoms with van der Waals surface area (Å²) in [7, 11) is 0. The highest BCUT2D eigenvalue weighted by atomic mass is 35.5. The van der Waals surface area contributed by atoms with Crippen LogP contribution in [0.25, 0.3) is 0 Å². The van der Waals surface area contributed by atoms with Crippen LogP contribution >= 0.6 is 11.6 Å². The minimum Gasteiger partial charge on any atom is -0.478 e. The van der Waals surface area contributed by atoms with Gasteiger partial charge in [0.15, 0.2) is 0 Å². The van der Waals surface area contributed by atoms with Crippen LogP contribution in [0.5, 0.6) is 0 Å².